The summed E-state index contributed by atoms with van der Waals surface area (Å²) in [6.07, 6.45) is 1.40. The van der Waals surface area contributed by atoms with Gasteiger partial charge in [-0.2, -0.15) is 5.10 Å². The molecule has 5 nitrogen and oxygen atoms in total. The Kier molecular flexibility index (Phi) is 4.56. The third-order valence-electron chi connectivity index (χ3n) is 2.90. The van der Waals surface area contributed by atoms with Crippen molar-refractivity contribution in [3.05, 3.63) is 59.2 Å². The van der Waals surface area contributed by atoms with Crippen LogP contribution in [0.4, 0.5) is 0 Å². The maximum atomic E-state index is 12.0. The van der Waals surface area contributed by atoms with Gasteiger partial charge in [0.2, 0.25) is 0 Å². The van der Waals surface area contributed by atoms with E-state index in [0.29, 0.717) is 16.9 Å². The summed E-state index contributed by atoms with van der Waals surface area (Å²) in [6, 6.07) is 12.0. The molecule has 0 saturated heterocycles. The molecule has 0 saturated carbocycles. The average Bonchev–Trinajstić information content (AvgIpc) is 2.50. The molecule has 0 aromatic heterocycles. The number of nitrogens with zero attached hydrogens (tertiary/aromatic N) is 1. The van der Waals surface area contributed by atoms with Gasteiger partial charge in [0.05, 0.1) is 18.9 Å². The van der Waals surface area contributed by atoms with Gasteiger partial charge in [-0.3, -0.25) is 4.79 Å². The number of aryl methyl sites for hydroxylation is 1. The minimum absolute atomic E-state index is 0.107. The normalized spacial score (nSPS) is 10.6. The van der Waals surface area contributed by atoms with E-state index in [4.69, 9.17) is 4.74 Å². The number of nitrogens with one attached hydrogen (secondary N) is 1. The van der Waals surface area contributed by atoms with E-state index < -0.39 is 0 Å². The van der Waals surface area contributed by atoms with E-state index in [1.807, 2.05) is 6.92 Å². The highest BCUT2D eigenvalue weighted by Crippen LogP contribution is 2.17. The number of hydrogen-bond donors (Lipinski definition) is 2. The predicted octanol–water partition coefficient (Wildman–Crippen LogP) is 2.47. The first-order chi connectivity index (χ1) is 10.1. The second-order valence-electron chi connectivity index (χ2n) is 4.46. The number of rotatable bonds is 4. The number of carbonyl (C=O) groups is 1. The lowest BCUT2D eigenvalue weighted by Crippen LogP contribution is -2.18. The topological polar surface area (TPSA) is 70.9 Å². The van der Waals surface area contributed by atoms with Gasteiger partial charge in [0.15, 0.2) is 0 Å². The zero-order valence-corrected chi connectivity index (χ0v) is 11.8. The Morgan fingerprint density at radius 2 is 2.05 bits per heavy atom. The number of methoxy groups -OCH3 is 1. The zero-order valence-electron chi connectivity index (χ0n) is 11.8. The van der Waals surface area contributed by atoms with Crippen LogP contribution in [0, 0.1) is 6.92 Å². The molecule has 5 heteroatoms. The molecule has 0 aliphatic heterocycles. The molecular formula is C16H16N2O3. The van der Waals surface area contributed by atoms with E-state index in [0.717, 1.165) is 5.56 Å². The van der Waals surface area contributed by atoms with E-state index in [1.165, 1.54) is 13.3 Å². The monoisotopic (exact) mass is 284 g/mol. The fraction of sp³-hybridized carbons (Fsp3) is 0.125. The molecule has 0 radical (unpaired) electrons. The minimum Gasteiger partial charge on any atom is -0.507 e. The van der Waals surface area contributed by atoms with Crippen LogP contribution in [0.1, 0.15) is 21.5 Å². The number of aromatic hydroxyl groups is 1. The Labute approximate surface area is 122 Å². The molecule has 0 spiro atoms. The van der Waals surface area contributed by atoms with Crippen LogP contribution in [0.15, 0.2) is 47.6 Å². The van der Waals surface area contributed by atoms with Crippen molar-refractivity contribution in [1.29, 1.82) is 0 Å². The quantitative estimate of drug-likeness (QED) is 0.669. The number of hydrazone groups is 1. The summed E-state index contributed by atoms with van der Waals surface area (Å²) in [7, 11) is 1.50. The number of phenolic OH excluding ortho intramolecular Hbond substituents is 1. The highest BCUT2D eigenvalue weighted by atomic mass is 16.5. The van der Waals surface area contributed by atoms with Gasteiger partial charge in [-0.15, -0.1) is 0 Å². The fourth-order valence-corrected chi connectivity index (χ4v) is 1.83. The van der Waals surface area contributed by atoms with Crippen LogP contribution in [-0.2, 0) is 0 Å². The van der Waals surface area contributed by atoms with Gasteiger partial charge in [0.25, 0.3) is 5.91 Å². The second-order valence-corrected chi connectivity index (χ2v) is 4.46. The van der Waals surface area contributed by atoms with Gasteiger partial charge >= 0.3 is 0 Å². The largest absolute Gasteiger partial charge is 0.507 e. The lowest BCUT2D eigenvalue weighted by Gasteiger charge is -2.06. The second kappa shape index (κ2) is 6.56. The van der Waals surface area contributed by atoms with Crippen molar-refractivity contribution in [2.75, 3.05) is 7.11 Å². The molecule has 0 aliphatic rings. The standard InChI is InChI=1S/C16H16N2O3/c1-11-7-8-14(19)12(9-11)10-17-18-16(20)13-5-3-4-6-15(13)21-2/h3-10,19H,1-2H3,(H,18,20)/b17-10-. The SMILES string of the molecule is COc1ccccc1C(=O)N/N=C\c1cc(C)ccc1O. The van der Waals surface area contributed by atoms with Crippen molar-refractivity contribution in [3.8, 4) is 11.5 Å². The molecule has 0 unspecified atom stereocenters. The van der Waals surface area contributed by atoms with Crippen molar-refractivity contribution in [3.63, 3.8) is 0 Å². The van der Waals surface area contributed by atoms with Crippen molar-refractivity contribution < 1.29 is 14.6 Å². The number of benzene rings is 2. The molecule has 0 fully saturated rings. The van der Waals surface area contributed by atoms with Crippen LogP contribution in [0.3, 0.4) is 0 Å². The van der Waals surface area contributed by atoms with E-state index in [9.17, 15) is 9.90 Å². The van der Waals surface area contributed by atoms with Gasteiger partial charge in [-0.25, -0.2) is 5.43 Å². The van der Waals surface area contributed by atoms with Crippen molar-refractivity contribution in [1.82, 2.24) is 5.43 Å². The number of carbonyl (C=O) groups excluding carboxylic acids is 1. The summed E-state index contributed by atoms with van der Waals surface area (Å²) in [5.41, 5.74) is 4.33. The lowest BCUT2D eigenvalue weighted by atomic mass is 10.1. The van der Waals surface area contributed by atoms with Gasteiger partial charge < -0.3 is 9.84 Å². The summed E-state index contributed by atoms with van der Waals surface area (Å²) < 4.78 is 5.11. The number of amides is 1. The summed E-state index contributed by atoms with van der Waals surface area (Å²) in [5, 5.41) is 13.5. The van der Waals surface area contributed by atoms with Crippen molar-refractivity contribution in [2.24, 2.45) is 5.10 Å². The first-order valence-electron chi connectivity index (χ1n) is 6.38. The van der Waals surface area contributed by atoms with Crippen LogP contribution >= 0.6 is 0 Å². The molecule has 1 amide bonds. The highest BCUT2D eigenvalue weighted by molar-refractivity contribution is 5.97. The Balaban J connectivity index is 2.10. The number of hydrogen-bond acceptors (Lipinski definition) is 4. The van der Waals surface area contributed by atoms with Crippen LogP contribution in [-0.4, -0.2) is 24.3 Å². The van der Waals surface area contributed by atoms with Crippen LogP contribution in [0.25, 0.3) is 0 Å². The number of phenols is 1. The summed E-state index contributed by atoms with van der Waals surface area (Å²) in [6.45, 7) is 1.91. The van der Waals surface area contributed by atoms with Gasteiger partial charge in [0, 0.05) is 5.56 Å². The summed E-state index contributed by atoms with van der Waals surface area (Å²) in [5.74, 6) is 0.204. The van der Waals surface area contributed by atoms with Crippen LogP contribution in [0.2, 0.25) is 0 Å². The third-order valence-corrected chi connectivity index (χ3v) is 2.90. The Morgan fingerprint density at radius 3 is 2.81 bits per heavy atom. The Hall–Kier alpha value is -2.82. The molecule has 0 aliphatic carbocycles. The highest BCUT2D eigenvalue weighted by Gasteiger charge is 2.10. The van der Waals surface area contributed by atoms with Crippen LogP contribution in [0.5, 0.6) is 11.5 Å². The molecule has 108 valence electrons. The molecule has 0 heterocycles. The summed E-state index contributed by atoms with van der Waals surface area (Å²) in [4.78, 5) is 12.0. The molecule has 0 atom stereocenters. The number of para-hydroxylation sites is 1. The third kappa shape index (κ3) is 3.60. The predicted molar refractivity (Wildman–Crippen MR) is 80.9 cm³/mol. The maximum Gasteiger partial charge on any atom is 0.275 e. The van der Waals surface area contributed by atoms with E-state index in [-0.39, 0.29) is 11.7 Å². The molecule has 0 bridgehead atoms. The minimum atomic E-state index is -0.379. The molecule has 2 N–H and O–H groups in total. The Morgan fingerprint density at radius 1 is 1.29 bits per heavy atom. The molecule has 2 aromatic carbocycles. The summed E-state index contributed by atoms with van der Waals surface area (Å²) >= 11 is 0. The Bertz CT molecular complexity index is 681. The smallest absolute Gasteiger partial charge is 0.275 e. The molecule has 21 heavy (non-hydrogen) atoms. The fourth-order valence-electron chi connectivity index (χ4n) is 1.83. The van der Waals surface area contributed by atoms with Gasteiger partial charge in [0.1, 0.15) is 11.5 Å². The number of ether oxygens (including phenoxy) is 1. The van der Waals surface area contributed by atoms with Crippen LogP contribution < -0.4 is 10.2 Å². The first kappa shape index (κ1) is 14.6. The molecule has 2 rings (SSSR count). The van der Waals surface area contributed by atoms with Crippen molar-refractivity contribution >= 4 is 12.1 Å². The van der Waals surface area contributed by atoms with Gasteiger partial charge in [-0.1, -0.05) is 23.8 Å². The zero-order chi connectivity index (χ0) is 15.2. The average molecular weight is 284 g/mol. The molecular weight excluding hydrogens is 268 g/mol. The van der Waals surface area contributed by atoms with E-state index in [1.54, 1.807) is 42.5 Å². The molecule has 2 aromatic rings. The first-order valence-corrected chi connectivity index (χ1v) is 6.38. The lowest BCUT2D eigenvalue weighted by molar-refractivity contribution is 0.0952. The van der Waals surface area contributed by atoms with E-state index >= 15 is 0 Å². The van der Waals surface area contributed by atoms with Crippen molar-refractivity contribution in [2.45, 2.75) is 6.92 Å². The van der Waals surface area contributed by atoms with Gasteiger partial charge in [-0.05, 0) is 31.2 Å². The maximum absolute atomic E-state index is 12.0. The van der Waals surface area contributed by atoms with E-state index in [2.05, 4.69) is 10.5 Å².